The molecule has 19 heavy (non-hydrogen) atoms. The van der Waals surface area contributed by atoms with Crippen LogP contribution in [-0.2, 0) is 13.0 Å². The fourth-order valence-electron chi connectivity index (χ4n) is 1.77. The van der Waals surface area contributed by atoms with E-state index in [0.717, 1.165) is 18.7 Å². The largest absolute Gasteiger partial charge is 0.476 e. The summed E-state index contributed by atoms with van der Waals surface area (Å²) >= 11 is 1.75. The van der Waals surface area contributed by atoms with Gasteiger partial charge in [-0.2, -0.15) is 5.10 Å². The minimum absolute atomic E-state index is 0.603. The van der Waals surface area contributed by atoms with Crippen LogP contribution in [0.3, 0.4) is 0 Å². The third kappa shape index (κ3) is 4.01. The first-order valence-electron chi connectivity index (χ1n) is 6.61. The molecule has 0 bridgehead atoms. The first kappa shape index (κ1) is 12.6. The summed E-state index contributed by atoms with van der Waals surface area (Å²) in [6, 6.07) is 8.74. The van der Waals surface area contributed by atoms with Gasteiger partial charge in [0.2, 0.25) is 5.88 Å². The molecule has 2 heterocycles. The number of nitrogens with one attached hydrogen (secondary N) is 1. The monoisotopic (exact) mass is 275 g/mol. The SMILES string of the molecule is c1csc(CCOc2ccc(CNC3CC3)nn2)c1. The van der Waals surface area contributed by atoms with Gasteiger partial charge >= 0.3 is 0 Å². The van der Waals surface area contributed by atoms with Gasteiger partial charge in [0, 0.05) is 30.0 Å². The van der Waals surface area contributed by atoms with Gasteiger partial charge in [0.05, 0.1) is 12.3 Å². The van der Waals surface area contributed by atoms with Crippen LogP contribution in [0.5, 0.6) is 5.88 Å². The molecule has 1 N–H and O–H groups in total. The number of thiophene rings is 1. The fourth-order valence-corrected chi connectivity index (χ4v) is 2.46. The standard InChI is InChI=1S/C14H17N3OS/c1-2-13(19-9-1)7-8-18-14-6-5-12(16-17-14)10-15-11-3-4-11/h1-2,5-6,9,11,15H,3-4,7-8,10H2. The minimum atomic E-state index is 0.603. The molecule has 0 spiro atoms. The molecule has 1 fully saturated rings. The molecule has 100 valence electrons. The first-order chi connectivity index (χ1) is 9.40. The van der Waals surface area contributed by atoms with Crippen LogP contribution in [0.25, 0.3) is 0 Å². The van der Waals surface area contributed by atoms with E-state index >= 15 is 0 Å². The maximum absolute atomic E-state index is 5.58. The fraction of sp³-hybridized carbons (Fsp3) is 0.429. The molecular formula is C14H17N3OS. The molecule has 0 saturated heterocycles. The molecule has 0 aromatic carbocycles. The molecule has 5 heteroatoms. The topological polar surface area (TPSA) is 47.0 Å². The highest BCUT2D eigenvalue weighted by atomic mass is 32.1. The van der Waals surface area contributed by atoms with Crippen LogP contribution in [0.4, 0.5) is 0 Å². The van der Waals surface area contributed by atoms with E-state index in [1.807, 2.05) is 12.1 Å². The van der Waals surface area contributed by atoms with Crippen LogP contribution in [-0.4, -0.2) is 22.8 Å². The molecule has 1 aliphatic rings. The van der Waals surface area contributed by atoms with Gasteiger partial charge in [0.25, 0.3) is 0 Å². The summed E-state index contributed by atoms with van der Waals surface area (Å²) in [6.45, 7) is 1.45. The van der Waals surface area contributed by atoms with E-state index in [9.17, 15) is 0 Å². The number of nitrogens with zero attached hydrogens (tertiary/aromatic N) is 2. The van der Waals surface area contributed by atoms with Crippen LogP contribution < -0.4 is 10.1 Å². The van der Waals surface area contributed by atoms with E-state index < -0.39 is 0 Å². The van der Waals surface area contributed by atoms with Crippen molar-refractivity contribution in [3.63, 3.8) is 0 Å². The van der Waals surface area contributed by atoms with Gasteiger partial charge in [-0.1, -0.05) is 6.07 Å². The number of ether oxygens (including phenoxy) is 1. The van der Waals surface area contributed by atoms with Crippen LogP contribution in [0.2, 0.25) is 0 Å². The lowest BCUT2D eigenvalue weighted by atomic mass is 10.3. The summed E-state index contributed by atoms with van der Waals surface area (Å²) in [7, 11) is 0. The van der Waals surface area contributed by atoms with E-state index in [1.165, 1.54) is 17.7 Å². The lowest BCUT2D eigenvalue weighted by Gasteiger charge is -2.05. The molecule has 0 radical (unpaired) electrons. The van der Waals surface area contributed by atoms with Crippen molar-refractivity contribution in [2.75, 3.05) is 6.61 Å². The molecular weight excluding hydrogens is 258 g/mol. The second-order valence-corrected chi connectivity index (χ2v) is 5.73. The second-order valence-electron chi connectivity index (χ2n) is 4.70. The highest BCUT2D eigenvalue weighted by molar-refractivity contribution is 7.09. The summed E-state index contributed by atoms with van der Waals surface area (Å²) in [4.78, 5) is 1.33. The van der Waals surface area contributed by atoms with Crippen molar-refractivity contribution in [2.24, 2.45) is 0 Å². The van der Waals surface area contributed by atoms with E-state index in [0.29, 0.717) is 18.5 Å². The van der Waals surface area contributed by atoms with Crippen LogP contribution in [0, 0.1) is 0 Å². The highest BCUT2D eigenvalue weighted by Crippen LogP contribution is 2.19. The molecule has 2 aromatic heterocycles. The quantitative estimate of drug-likeness (QED) is 0.843. The summed E-state index contributed by atoms with van der Waals surface area (Å²) in [6.07, 6.45) is 3.50. The van der Waals surface area contributed by atoms with Gasteiger partial charge in [0.15, 0.2) is 0 Å². The summed E-state index contributed by atoms with van der Waals surface area (Å²) in [5.74, 6) is 0.603. The maximum Gasteiger partial charge on any atom is 0.233 e. The highest BCUT2D eigenvalue weighted by Gasteiger charge is 2.20. The third-order valence-corrected chi connectivity index (χ3v) is 3.96. The van der Waals surface area contributed by atoms with Crippen LogP contribution in [0.1, 0.15) is 23.4 Å². The molecule has 0 aliphatic heterocycles. The first-order valence-corrected chi connectivity index (χ1v) is 7.49. The van der Waals surface area contributed by atoms with Crippen molar-refractivity contribution >= 4 is 11.3 Å². The van der Waals surface area contributed by atoms with Crippen molar-refractivity contribution in [3.8, 4) is 5.88 Å². The van der Waals surface area contributed by atoms with Crippen LogP contribution in [0.15, 0.2) is 29.6 Å². The Bertz CT molecular complexity index is 494. The van der Waals surface area contributed by atoms with Gasteiger partial charge in [-0.15, -0.1) is 16.4 Å². The zero-order valence-corrected chi connectivity index (χ0v) is 11.5. The van der Waals surface area contributed by atoms with Crippen LogP contribution >= 0.6 is 11.3 Å². The van der Waals surface area contributed by atoms with E-state index in [-0.39, 0.29) is 0 Å². The average Bonchev–Trinajstić information content (AvgIpc) is 3.13. The number of hydrogen-bond acceptors (Lipinski definition) is 5. The Kier molecular flexibility index (Phi) is 4.05. The Balaban J connectivity index is 1.42. The predicted molar refractivity (Wildman–Crippen MR) is 75.4 cm³/mol. The van der Waals surface area contributed by atoms with Gasteiger partial charge in [-0.05, 0) is 30.4 Å². The third-order valence-electron chi connectivity index (χ3n) is 3.02. The number of aromatic nitrogens is 2. The molecule has 1 saturated carbocycles. The molecule has 0 atom stereocenters. The smallest absolute Gasteiger partial charge is 0.233 e. The molecule has 2 aromatic rings. The predicted octanol–water partition coefficient (Wildman–Crippen LogP) is 2.41. The van der Waals surface area contributed by atoms with Crippen molar-refractivity contribution in [2.45, 2.75) is 31.8 Å². The van der Waals surface area contributed by atoms with Crippen molar-refractivity contribution in [1.82, 2.24) is 15.5 Å². The second kappa shape index (κ2) is 6.12. The van der Waals surface area contributed by atoms with Gasteiger partial charge in [-0.25, -0.2) is 0 Å². The normalized spacial score (nSPS) is 14.5. The van der Waals surface area contributed by atoms with E-state index in [4.69, 9.17) is 4.74 Å². The maximum atomic E-state index is 5.58. The average molecular weight is 275 g/mol. The van der Waals surface area contributed by atoms with E-state index in [1.54, 1.807) is 11.3 Å². The molecule has 4 nitrogen and oxygen atoms in total. The minimum Gasteiger partial charge on any atom is -0.476 e. The Morgan fingerprint density at radius 3 is 2.89 bits per heavy atom. The van der Waals surface area contributed by atoms with Gasteiger partial charge in [-0.3, -0.25) is 0 Å². The Hall–Kier alpha value is -1.46. The van der Waals surface area contributed by atoms with Crippen molar-refractivity contribution in [1.29, 1.82) is 0 Å². The van der Waals surface area contributed by atoms with Crippen molar-refractivity contribution < 1.29 is 4.74 Å². The summed E-state index contributed by atoms with van der Waals surface area (Å²) in [5.41, 5.74) is 0.970. The molecule has 0 unspecified atom stereocenters. The van der Waals surface area contributed by atoms with E-state index in [2.05, 4.69) is 33.0 Å². The Morgan fingerprint density at radius 2 is 2.21 bits per heavy atom. The molecule has 3 rings (SSSR count). The lowest BCUT2D eigenvalue weighted by Crippen LogP contribution is -2.16. The zero-order valence-electron chi connectivity index (χ0n) is 10.7. The zero-order chi connectivity index (χ0) is 12.9. The van der Waals surface area contributed by atoms with Crippen molar-refractivity contribution in [3.05, 3.63) is 40.2 Å². The van der Waals surface area contributed by atoms with Gasteiger partial charge < -0.3 is 10.1 Å². The summed E-state index contributed by atoms with van der Waals surface area (Å²) in [5, 5.41) is 13.7. The number of rotatable bonds is 7. The lowest BCUT2D eigenvalue weighted by molar-refractivity contribution is 0.306. The molecule has 0 amide bonds. The Morgan fingerprint density at radius 1 is 1.26 bits per heavy atom. The summed E-state index contributed by atoms with van der Waals surface area (Å²) < 4.78 is 5.58. The number of hydrogen-bond donors (Lipinski definition) is 1. The van der Waals surface area contributed by atoms with Gasteiger partial charge in [0.1, 0.15) is 0 Å². The Labute approximate surface area is 116 Å². The molecule has 1 aliphatic carbocycles.